The van der Waals surface area contributed by atoms with Crippen LogP contribution in [-0.4, -0.2) is 15.0 Å². The number of aromatic nitrogens is 3. The van der Waals surface area contributed by atoms with Gasteiger partial charge in [-0.05, 0) is 35.7 Å². The Morgan fingerprint density at radius 3 is 2.56 bits per heavy atom. The van der Waals surface area contributed by atoms with Crippen molar-refractivity contribution in [3.63, 3.8) is 0 Å². The predicted octanol–water partition coefficient (Wildman–Crippen LogP) is 2.23. The SMILES string of the molecule is Nc1nc(Cl)nc(NSc2ccccc2)n1. The van der Waals surface area contributed by atoms with Crippen molar-refractivity contribution in [3.8, 4) is 0 Å². The maximum absolute atomic E-state index is 5.64. The number of anilines is 2. The Hall–Kier alpha value is -1.53. The van der Waals surface area contributed by atoms with Crippen LogP contribution in [0, 0.1) is 0 Å². The molecular formula is C9H8ClN5S. The van der Waals surface area contributed by atoms with Crippen LogP contribution in [0.5, 0.6) is 0 Å². The minimum absolute atomic E-state index is 0.0728. The van der Waals surface area contributed by atoms with Gasteiger partial charge in [0.25, 0.3) is 0 Å². The van der Waals surface area contributed by atoms with E-state index in [9.17, 15) is 0 Å². The van der Waals surface area contributed by atoms with Crippen LogP contribution in [0.25, 0.3) is 0 Å². The number of nitrogens with zero attached hydrogens (tertiary/aromatic N) is 3. The molecule has 5 nitrogen and oxygen atoms in total. The van der Waals surface area contributed by atoms with Gasteiger partial charge in [0, 0.05) is 4.90 Å². The summed E-state index contributed by atoms with van der Waals surface area (Å²) in [6.07, 6.45) is 0. The summed E-state index contributed by atoms with van der Waals surface area (Å²) in [5, 5.41) is 0.0728. The van der Waals surface area contributed by atoms with Gasteiger partial charge in [0.15, 0.2) is 0 Å². The van der Waals surface area contributed by atoms with Crippen molar-refractivity contribution in [2.75, 3.05) is 10.5 Å². The molecule has 0 bridgehead atoms. The number of hydrogen-bond acceptors (Lipinski definition) is 6. The van der Waals surface area contributed by atoms with Gasteiger partial charge in [0.2, 0.25) is 17.2 Å². The summed E-state index contributed by atoms with van der Waals surface area (Å²) in [7, 11) is 0. The molecule has 3 N–H and O–H groups in total. The first-order valence-corrected chi connectivity index (χ1v) is 5.58. The van der Waals surface area contributed by atoms with Crippen LogP contribution in [0.3, 0.4) is 0 Å². The maximum Gasteiger partial charge on any atom is 0.239 e. The summed E-state index contributed by atoms with van der Waals surface area (Å²) in [6.45, 7) is 0. The minimum Gasteiger partial charge on any atom is -0.368 e. The highest BCUT2D eigenvalue weighted by atomic mass is 35.5. The number of rotatable bonds is 3. The topological polar surface area (TPSA) is 76.7 Å². The van der Waals surface area contributed by atoms with Crippen molar-refractivity contribution >= 4 is 35.4 Å². The third-order valence-corrected chi connectivity index (χ3v) is 2.59. The smallest absolute Gasteiger partial charge is 0.239 e. The van der Waals surface area contributed by atoms with E-state index in [4.69, 9.17) is 17.3 Å². The molecule has 0 aliphatic carbocycles. The van der Waals surface area contributed by atoms with E-state index in [1.807, 2.05) is 30.3 Å². The monoisotopic (exact) mass is 253 g/mol. The van der Waals surface area contributed by atoms with Gasteiger partial charge in [-0.25, -0.2) is 0 Å². The molecule has 1 aromatic heterocycles. The van der Waals surface area contributed by atoms with Crippen molar-refractivity contribution < 1.29 is 0 Å². The minimum atomic E-state index is 0.0728. The number of nitrogens with two attached hydrogens (primary N) is 1. The highest BCUT2D eigenvalue weighted by Gasteiger charge is 2.02. The third kappa shape index (κ3) is 2.98. The van der Waals surface area contributed by atoms with Crippen molar-refractivity contribution in [2.24, 2.45) is 0 Å². The fourth-order valence-electron chi connectivity index (χ4n) is 1.00. The Bertz CT molecular complexity index is 458. The van der Waals surface area contributed by atoms with Crippen molar-refractivity contribution in [2.45, 2.75) is 4.90 Å². The van der Waals surface area contributed by atoms with Crippen LogP contribution in [0.15, 0.2) is 35.2 Å². The van der Waals surface area contributed by atoms with E-state index in [0.717, 1.165) is 4.90 Å². The van der Waals surface area contributed by atoms with Crippen molar-refractivity contribution in [3.05, 3.63) is 35.6 Å². The first-order valence-electron chi connectivity index (χ1n) is 4.39. The van der Waals surface area contributed by atoms with Crippen molar-refractivity contribution in [1.29, 1.82) is 0 Å². The summed E-state index contributed by atoms with van der Waals surface area (Å²) >= 11 is 7.01. The van der Waals surface area contributed by atoms with Gasteiger partial charge in [0.1, 0.15) is 0 Å². The Balaban J connectivity index is 2.05. The molecule has 0 radical (unpaired) electrons. The highest BCUT2D eigenvalue weighted by molar-refractivity contribution is 8.00. The summed E-state index contributed by atoms with van der Waals surface area (Å²) in [4.78, 5) is 12.5. The van der Waals surface area contributed by atoms with E-state index in [1.54, 1.807) is 0 Å². The zero-order chi connectivity index (χ0) is 11.4. The van der Waals surface area contributed by atoms with Crippen LogP contribution in [0.1, 0.15) is 0 Å². The molecule has 0 aliphatic rings. The molecule has 0 fully saturated rings. The Labute approximate surface area is 102 Å². The van der Waals surface area contributed by atoms with E-state index >= 15 is 0 Å². The Morgan fingerprint density at radius 1 is 1.12 bits per heavy atom. The molecule has 7 heteroatoms. The molecule has 82 valence electrons. The van der Waals surface area contributed by atoms with Gasteiger partial charge in [-0.3, -0.25) is 4.72 Å². The number of nitrogen functional groups attached to an aromatic ring is 1. The second kappa shape index (κ2) is 5.00. The lowest BCUT2D eigenvalue weighted by Crippen LogP contribution is -2.01. The standard InChI is InChI=1S/C9H8ClN5S/c10-7-12-8(11)14-9(13-7)15-16-6-4-2-1-3-5-6/h1-5H,(H3,11,12,13,14,15). The fraction of sp³-hybridized carbons (Fsp3) is 0. The summed E-state index contributed by atoms with van der Waals surface area (Å²) in [6, 6.07) is 9.76. The maximum atomic E-state index is 5.64. The molecule has 1 aromatic carbocycles. The van der Waals surface area contributed by atoms with Gasteiger partial charge in [0.05, 0.1) is 0 Å². The number of benzene rings is 1. The van der Waals surface area contributed by atoms with Crippen LogP contribution in [-0.2, 0) is 0 Å². The van der Waals surface area contributed by atoms with Gasteiger partial charge in [-0.15, -0.1) is 0 Å². The average Bonchev–Trinajstić information content (AvgIpc) is 2.27. The molecule has 0 spiro atoms. The van der Waals surface area contributed by atoms with E-state index in [1.165, 1.54) is 11.9 Å². The number of hydrogen-bond donors (Lipinski definition) is 2. The molecule has 2 rings (SSSR count). The number of halogens is 1. The summed E-state index contributed by atoms with van der Waals surface area (Å²) < 4.78 is 2.93. The predicted molar refractivity (Wildman–Crippen MR) is 65.2 cm³/mol. The second-order valence-electron chi connectivity index (χ2n) is 2.80. The quantitative estimate of drug-likeness (QED) is 0.817. The summed E-state index contributed by atoms with van der Waals surface area (Å²) in [5.74, 6) is 0.433. The molecule has 0 unspecified atom stereocenters. The molecule has 1 heterocycles. The largest absolute Gasteiger partial charge is 0.368 e. The Kier molecular flexibility index (Phi) is 3.43. The zero-order valence-corrected chi connectivity index (χ0v) is 9.66. The molecule has 0 atom stereocenters. The average molecular weight is 254 g/mol. The van der Waals surface area contributed by atoms with Crippen LogP contribution in [0.2, 0.25) is 5.28 Å². The lowest BCUT2D eigenvalue weighted by molar-refractivity contribution is 1.08. The number of nitrogens with one attached hydrogen (secondary N) is 1. The normalized spacial score (nSPS) is 10.1. The second-order valence-corrected chi connectivity index (χ2v) is 4.02. The lowest BCUT2D eigenvalue weighted by atomic mass is 10.4. The molecule has 16 heavy (non-hydrogen) atoms. The molecule has 2 aromatic rings. The summed E-state index contributed by atoms with van der Waals surface area (Å²) in [5.41, 5.74) is 5.43. The Morgan fingerprint density at radius 2 is 1.88 bits per heavy atom. The molecule has 0 saturated carbocycles. The van der Waals surface area contributed by atoms with Gasteiger partial charge in [-0.2, -0.15) is 15.0 Å². The molecule has 0 amide bonds. The first kappa shape index (κ1) is 11.0. The molecular weight excluding hydrogens is 246 g/mol. The third-order valence-electron chi connectivity index (χ3n) is 1.63. The van der Waals surface area contributed by atoms with Crippen LogP contribution in [0.4, 0.5) is 11.9 Å². The highest BCUT2D eigenvalue weighted by Crippen LogP contribution is 2.18. The van der Waals surface area contributed by atoms with Gasteiger partial charge in [-0.1, -0.05) is 18.2 Å². The molecule has 0 aliphatic heterocycles. The van der Waals surface area contributed by atoms with Crippen molar-refractivity contribution in [1.82, 2.24) is 15.0 Å². The van der Waals surface area contributed by atoms with Crippen LogP contribution >= 0.6 is 23.5 Å². The van der Waals surface area contributed by atoms with Crippen LogP contribution < -0.4 is 10.5 Å². The van der Waals surface area contributed by atoms with E-state index in [0.29, 0.717) is 5.95 Å². The zero-order valence-electron chi connectivity index (χ0n) is 8.09. The fourth-order valence-corrected chi connectivity index (χ4v) is 1.76. The lowest BCUT2D eigenvalue weighted by Gasteiger charge is -2.03. The van der Waals surface area contributed by atoms with E-state index in [2.05, 4.69) is 19.7 Å². The van der Waals surface area contributed by atoms with Gasteiger partial charge >= 0.3 is 0 Å². The van der Waals surface area contributed by atoms with E-state index < -0.39 is 0 Å². The molecule has 0 saturated heterocycles. The van der Waals surface area contributed by atoms with E-state index in [-0.39, 0.29) is 11.2 Å². The first-order chi connectivity index (χ1) is 7.74. The van der Waals surface area contributed by atoms with Gasteiger partial charge < -0.3 is 5.73 Å².